The van der Waals surface area contributed by atoms with Gasteiger partial charge in [-0.1, -0.05) is 18.2 Å². The molecule has 1 N–H and O–H groups in total. The summed E-state index contributed by atoms with van der Waals surface area (Å²) in [7, 11) is -3.33. The number of sulfonamides is 1. The maximum absolute atomic E-state index is 12.0. The van der Waals surface area contributed by atoms with Crippen LogP contribution in [0.1, 0.15) is 21.6 Å². The Morgan fingerprint density at radius 1 is 1.23 bits per heavy atom. The van der Waals surface area contributed by atoms with E-state index in [0.29, 0.717) is 16.9 Å². The van der Waals surface area contributed by atoms with Crippen LogP contribution in [-0.4, -0.2) is 25.6 Å². The van der Waals surface area contributed by atoms with Crippen molar-refractivity contribution < 1.29 is 17.9 Å². The van der Waals surface area contributed by atoms with Gasteiger partial charge in [0.15, 0.2) is 0 Å². The summed E-state index contributed by atoms with van der Waals surface area (Å²) in [5, 5.41) is 0. The predicted molar refractivity (Wildman–Crippen MR) is 83.0 cm³/mol. The van der Waals surface area contributed by atoms with Gasteiger partial charge in [-0.25, -0.2) is 13.2 Å². The standard InChI is InChI=1S/C15H16N2O4S/c1-11-5-3-4-6-14(11)15(18)21-10-13-8-7-12(9-16-13)17-22(2,19)20/h3-9,17H,10H2,1-2H3. The van der Waals surface area contributed by atoms with E-state index in [1.807, 2.05) is 19.1 Å². The lowest BCUT2D eigenvalue weighted by atomic mass is 10.1. The van der Waals surface area contributed by atoms with Crippen molar-refractivity contribution in [3.8, 4) is 0 Å². The minimum absolute atomic E-state index is 0.0202. The Labute approximate surface area is 129 Å². The molecule has 6 nitrogen and oxygen atoms in total. The molecule has 2 aromatic rings. The summed E-state index contributed by atoms with van der Waals surface area (Å²) in [6.07, 6.45) is 2.43. The summed E-state index contributed by atoms with van der Waals surface area (Å²) >= 11 is 0. The first-order chi connectivity index (χ1) is 10.3. The molecule has 0 radical (unpaired) electrons. The fraction of sp³-hybridized carbons (Fsp3) is 0.200. The van der Waals surface area contributed by atoms with Gasteiger partial charge in [0.2, 0.25) is 10.0 Å². The van der Waals surface area contributed by atoms with Crippen molar-refractivity contribution in [2.24, 2.45) is 0 Å². The molecule has 0 saturated carbocycles. The van der Waals surface area contributed by atoms with Gasteiger partial charge in [0, 0.05) is 0 Å². The molecule has 0 atom stereocenters. The molecule has 0 aliphatic heterocycles. The van der Waals surface area contributed by atoms with Crippen molar-refractivity contribution in [3.63, 3.8) is 0 Å². The number of hydrogen-bond donors (Lipinski definition) is 1. The smallest absolute Gasteiger partial charge is 0.338 e. The van der Waals surface area contributed by atoms with Crippen LogP contribution in [0, 0.1) is 6.92 Å². The van der Waals surface area contributed by atoms with Gasteiger partial charge in [-0.05, 0) is 30.7 Å². The zero-order valence-electron chi connectivity index (χ0n) is 12.2. The molecular formula is C15H16N2O4S. The highest BCUT2D eigenvalue weighted by Gasteiger charge is 2.10. The number of hydrogen-bond acceptors (Lipinski definition) is 5. The molecule has 1 aromatic carbocycles. The molecular weight excluding hydrogens is 304 g/mol. The minimum Gasteiger partial charge on any atom is -0.456 e. The van der Waals surface area contributed by atoms with E-state index >= 15 is 0 Å². The molecule has 0 unspecified atom stereocenters. The Balaban J connectivity index is 1.97. The molecule has 0 aliphatic carbocycles. The zero-order valence-corrected chi connectivity index (χ0v) is 13.1. The van der Waals surface area contributed by atoms with E-state index in [9.17, 15) is 13.2 Å². The second kappa shape index (κ2) is 6.57. The Morgan fingerprint density at radius 3 is 2.55 bits per heavy atom. The number of ether oxygens (including phenoxy) is 1. The number of esters is 1. The second-order valence-electron chi connectivity index (χ2n) is 4.80. The third-order valence-electron chi connectivity index (χ3n) is 2.84. The Hall–Kier alpha value is -2.41. The quantitative estimate of drug-likeness (QED) is 0.853. The summed E-state index contributed by atoms with van der Waals surface area (Å²) in [6, 6.07) is 10.3. The van der Waals surface area contributed by atoms with Gasteiger partial charge < -0.3 is 4.74 Å². The normalized spacial score (nSPS) is 11.0. The lowest BCUT2D eigenvalue weighted by Crippen LogP contribution is -2.10. The van der Waals surface area contributed by atoms with E-state index in [1.165, 1.54) is 6.20 Å². The number of carbonyl (C=O) groups excluding carboxylic acids is 1. The average molecular weight is 320 g/mol. The first kappa shape index (κ1) is 16.0. The van der Waals surface area contributed by atoms with E-state index in [0.717, 1.165) is 11.8 Å². The number of nitrogens with zero attached hydrogens (tertiary/aromatic N) is 1. The molecule has 2 rings (SSSR count). The highest BCUT2D eigenvalue weighted by Crippen LogP contribution is 2.11. The SMILES string of the molecule is Cc1ccccc1C(=O)OCc1ccc(NS(C)(=O)=O)cn1. The second-order valence-corrected chi connectivity index (χ2v) is 6.55. The first-order valence-corrected chi connectivity index (χ1v) is 8.40. The molecule has 0 spiro atoms. The van der Waals surface area contributed by atoms with Crippen LogP contribution < -0.4 is 4.72 Å². The molecule has 22 heavy (non-hydrogen) atoms. The number of benzene rings is 1. The maximum atomic E-state index is 12.0. The maximum Gasteiger partial charge on any atom is 0.338 e. The van der Waals surface area contributed by atoms with E-state index in [2.05, 4.69) is 9.71 Å². The molecule has 0 amide bonds. The number of rotatable bonds is 5. The van der Waals surface area contributed by atoms with Crippen LogP contribution in [0.25, 0.3) is 0 Å². The number of pyridine rings is 1. The molecule has 7 heteroatoms. The van der Waals surface area contributed by atoms with Crippen molar-refractivity contribution in [2.45, 2.75) is 13.5 Å². The fourth-order valence-corrected chi connectivity index (χ4v) is 2.35. The van der Waals surface area contributed by atoms with Crippen molar-refractivity contribution in [3.05, 3.63) is 59.4 Å². The lowest BCUT2D eigenvalue weighted by molar-refractivity contribution is 0.0467. The first-order valence-electron chi connectivity index (χ1n) is 6.50. The summed E-state index contributed by atoms with van der Waals surface area (Å²) in [5.41, 5.74) is 2.24. The number of carbonyl (C=O) groups is 1. The van der Waals surface area contributed by atoms with Crippen LogP contribution in [0.15, 0.2) is 42.6 Å². The van der Waals surface area contributed by atoms with Gasteiger partial charge in [0.1, 0.15) is 6.61 Å². The van der Waals surface area contributed by atoms with Gasteiger partial charge >= 0.3 is 5.97 Å². The van der Waals surface area contributed by atoms with Crippen LogP contribution >= 0.6 is 0 Å². The predicted octanol–water partition coefficient (Wildman–Crippen LogP) is 2.12. The van der Waals surface area contributed by atoms with Gasteiger partial charge in [-0.15, -0.1) is 0 Å². The summed E-state index contributed by atoms with van der Waals surface area (Å²) in [5.74, 6) is -0.418. The molecule has 0 fully saturated rings. The Kier molecular flexibility index (Phi) is 4.77. The monoisotopic (exact) mass is 320 g/mol. The lowest BCUT2D eigenvalue weighted by Gasteiger charge is -2.07. The van der Waals surface area contributed by atoms with Crippen LogP contribution in [0.5, 0.6) is 0 Å². The van der Waals surface area contributed by atoms with Crippen molar-refractivity contribution >= 4 is 21.7 Å². The number of anilines is 1. The third kappa shape index (κ3) is 4.56. The van der Waals surface area contributed by atoms with E-state index in [4.69, 9.17) is 4.74 Å². The molecule has 116 valence electrons. The van der Waals surface area contributed by atoms with E-state index < -0.39 is 16.0 Å². The highest BCUT2D eigenvalue weighted by atomic mass is 32.2. The highest BCUT2D eigenvalue weighted by molar-refractivity contribution is 7.92. The number of nitrogens with one attached hydrogen (secondary N) is 1. The van der Waals surface area contributed by atoms with Crippen molar-refractivity contribution in [1.82, 2.24) is 4.98 Å². The molecule has 0 saturated heterocycles. The van der Waals surface area contributed by atoms with Gasteiger partial charge in [0.05, 0.1) is 29.4 Å². The third-order valence-corrected chi connectivity index (χ3v) is 3.45. The number of aryl methyl sites for hydroxylation is 1. The minimum atomic E-state index is -3.33. The van der Waals surface area contributed by atoms with E-state index in [1.54, 1.807) is 24.3 Å². The van der Waals surface area contributed by atoms with Crippen molar-refractivity contribution in [2.75, 3.05) is 11.0 Å². The zero-order chi connectivity index (χ0) is 16.2. The molecule has 1 aromatic heterocycles. The van der Waals surface area contributed by atoms with Crippen LogP contribution in [0.4, 0.5) is 5.69 Å². The van der Waals surface area contributed by atoms with Gasteiger partial charge in [-0.2, -0.15) is 0 Å². The molecule has 0 bridgehead atoms. The Bertz CT molecular complexity index is 770. The topological polar surface area (TPSA) is 85.4 Å². The van der Waals surface area contributed by atoms with Crippen LogP contribution in [0.2, 0.25) is 0 Å². The largest absolute Gasteiger partial charge is 0.456 e. The summed E-state index contributed by atoms with van der Waals surface area (Å²) < 4.78 is 29.7. The summed E-state index contributed by atoms with van der Waals surface area (Å²) in [6.45, 7) is 1.85. The van der Waals surface area contributed by atoms with Crippen molar-refractivity contribution in [1.29, 1.82) is 0 Å². The molecule has 0 aliphatic rings. The average Bonchev–Trinajstić information content (AvgIpc) is 2.45. The van der Waals surface area contributed by atoms with Crippen LogP contribution in [0.3, 0.4) is 0 Å². The molecule has 1 heterocycles. The fourth-order valence-electron chi connectivity index (χ4n) is 1.80. The van der Waals surface area contributed by atoms with Gasteiger partial charge in [0.25, 0.3) is 0 Å². The van der Waals surface area contributed by atoms with Gasteiger partial charge in [-0.3, -0.25) is 9.71 Å². The Morgan fingerprint density at radius 2 is 1.95 bits per heavy atom. The number of aromatic nitrogens is 1. The summed E-state index contributed by atoms with van der Waals surface area (Å²) in [4.78, 5) is 16.0. The van der Waals surface area contributed by atoms with E-state index in [-0.39, 0.29) is 6.61 Å². The van der Waals surface area contributed by atoms with Crippen LogP contribution in [-0.2, 0) is 21.4 Å².